The minimum Gasteiger partial charge on any atom is -0.338 e. The van der Waals surface area contributed by atoms with Gasteiger partial charge in [0.15, 0.2) is 0 Å². The highest BCUT2D eigenvalue weighted by atomic mass is 79.9. The summed E-state index contributed by atoms with van der Waals surface area (Å²) >= 11 is 3.60. The molecule has 3 rings (SSSR count). The number of benzene rings is 2. The molecule has 5 heteroatoms. The summed E-state index contributed by atoms with van der Waals surface area (Å²) in [6.45, 7) is 3.34. The zero-order valence-corrected chi connectivity index (χ0v) is 16.0. The smallest absolute Gasteiger partial charge is 0.227 e. The van der Waals surface area contributed by atoms with E-state index in [4.69, 9.17) is 5.73 Å². The molecule has 128 valence electrons. The first kappa shape index (κ1) is 19.0. The highest BCUT2D eigenvalue weighted by molar-refractivity contribution is 9.10. The molecule has 0 radical (unpaired) electrons. The molecule has 0 saturated carbocycles. The van der Waals surface area contributed by atoms with Crippen LogP contribution in [0.5, 0.6) is 0 Å². The molecule has 1 amide bonds. The fraction of sp³-hybridized carbons (Fsp3) is 0.316. The maximum atomic E-state index is 12.8. The fourth-order valence-corrected chi connectivity index (χ4v) is 3.76. The van der Waals surface area contributed by atoms with Crippen LogP contribution in [-0.4, -0.2) is 17.4 Å². The summed E-state index contributed by atoms with van der Waals surface area (Å²) in [6.07, 6.45) is 0.885. The van der Waals surface area contributed by atoms with Gasteiger partial charge in [-0.1, -0.05) is 65.3 Å². The van der Waals surface area contributed by atoms with E-state index in [2.05, 4.69) is 28.1 Å². The van der Waals surface area contributed by atoms with Gasteiger partial charge >= 0.3 is 0 Å². The lowest BCUT2D eigenvalue weighted by Gasteiger charge is -2.33. The van der Waals surface area contributed by atoms with Crippen LogP contribution >= 0.6 is 28.3 Å². The number of carbonyl (C=O) groups is 1. The molecule has 2 N–H and O–H groups in total. The molecule has 1 aliphatic rings. The number of hydrogen-bond acceptors (Lipinski definition) is 2. The van der Waals surface area contributed by atoms with E-state index in [1.54, 1.807) is 0 Å². The Labute approximate surface area is 157 Å². The van der Waals surface area contributed by atoms with Crippen molar-refractivity contribution in [3.8, 4) is 0 Å². The molecule has 0 spiro atoms. The monoisotopic (exact) mass is 408 g/mol. The van der Waals surface area contributed by atoms with Gasteiger partial charge in [-0.15, -0.1) is 12.4 Å². The lowest BCUT2D eigenvalue weighted by molar-refractivity contribution is -0.136. The quantitative estimate of drug-likeness (QED) is 0.830. The zero-order chi connectivity index (χ0) is 16.4. The predicted octanol–water partition coefficient (Wildman–Crippen LogP) is 4.09. The van der Waals surface area contributed by atoms with Gasteiger partial charge in [-0.05, 0) is 29.2 Å². The predicted molar refractivity (Wildman–Crippen MR) is 103 cm³/mol. The van der Waals surface area contributed by atoms with Gasteiger partial charge in [0.1, 0.15) is 0 Å². The number of nitrogens with two attached hydrogens (primary N) is 1. The number of fused-ring (bicyclic) bond motifs is 1. The van der Waals surface area contributed by atoms with Crippen LogP contribution in [0.1, 0.15) is 29.7 Å². The molecule has 1 aliphatic heterocycles. The number of rotatable bonds is 3. The van der Waals surface area contributed by atoms with E-state index in [9.17, 15) is 4.79 Å². The van der Waals surface area contributed by atoms with Crippen molar-refractivity contribution in [3.05, 3.63) is 69.7 Å². The highest BCUT2D eigenvalue weighted by Gasteiger charge is 2.29. The summed E-state index contributed by atoms with van der Waals surface area (Å²) < 4.78 is 1.14. The molecule has 0 saturated heterocycles. The second-order valence-electron chi connectivity index (χ2n) is 6.11. The van der Waals surface area contributed by atoms with Crippen LogP contribution < -0.4 is 5.73 Å². The SMILES string of the molecule is CC(C(=O)N1CCc2c(Br)cccc2C1)C(N)c1ccccc1.Cl. The van der Waals surface area contributed by atoms with Crippen LogP contribution in [0.25, 0.3) is 0 Å². The topological polar surface area (TPSA) is 46.3 Å². The van der Waals surface area contributed by atoms with E-state index in [0.717, 1.165) is 23.0 Å². The van der Waals surface area contributed by atoms with Crippen molar-refractivity contribution >= 4 is 34.2 Å². The summed E-state index contributed by atoms with van der Waals surface area (Å²) in [5.41, 5.74) is 9.86. The van der Waals surface area contributed by atoms with E-state index < -0.39 is 0 Å². The van der Waals surface area contributed by atoms with Crippen molar-refractivity contribution in [2.45, 2.75) is 25.9 Å². The summed E-state index contributed by atoms with van der Waals surface area (Å²) in [6, 6.07) is 15.8. The van der Waals surface area contributed by atoms with E-state index in [1.165, 1.54) is 11.1 Å². The second-order valence-corrected chi connectivity index (χ2v) is 6.97. The number of nitrogens with zero attached hydrogens (tertiary/aromatic N) is 1. The Bertz CT molecular complexity index is 708. The van der Waals surface area contributed by atoms with Crippen molar-refractivity contribution < 1.29 is 4.79 Å². The van der Waals surface area contributed by atoms with Gasteiger partial charge in [0.25, 0.3) is 0 Å². The highest BCUT2D eigenvalue weighted by Crippen LogP contribution is 2.28. The molecule has 3 nitrogen and oxygen atoms in total. The van der Waals surface area contributed by atoms with Gasteiger partial charge < -0.3 is 10.6 Å². The Balaban J connectivity index is 0.00000208. The molecule has 2 unspecified atom stereocenters. The van der Waals surface area contributed by atoms with E-state index in [0.29, 0.717) is 6.54 Å². The van der Waals surface area contributed by atoms with Crippen molar-refractivity contribution in [3.63, 3.8) is 0 Å². The van der Waals surface area contributed by atoms with Crippen LogP contribution in [0.15, 0.2) is 53.0 Å². The van der Waals surface area contributed by atoms with E-state index >= 15 is 0 Å². The average molecular weight is 410 g/mol. The van der Waals surface area contributed by atoms with E-state index in [1.807, 2.05) is 48.2 Å². The largest absolute Gasteiger partial charge is 0.338 e. The van der Waals surface area contributed by atoms with Gasteiger partial charge in [0.05, 0.1) is 5.92 Å². The number of halogens is 2. The van der Waals surface area contributed by atoms with Crippen molar-refractivity contribution in [1.82, 2.24) is 4.90 Å². The minimum absolute atomic E-state index is 0. The Morgan fingerprint density at radius 2 is 1.88 bits per heavy atom. The molecule has 0 aliphatic carbocycles. The number of hydrogen-bond donors (Lipinski definition) is 1. The standard InChI is InChI=1S/C19H21BrN2O.ClH/c1-13(18(21)14-6-3-2-4-7-14)19(23)22-11-10-16-15(12-22)8-5-9-17(16)20;/h2-9,13,18H,10-12,21H2,1H3;1H. The van der Waals surface area contributed by atoms with Crippen molar-refractivity contribution in [1.29, 1.82) is 0 Å². The first-order valence-electron chi connectivity index (χ1n) is 7.93. The molecule has 2 aromatic carbocycles. The third-order valence-electron chi connectivity index (χ3n) is 4.63. The first-order valence-corrected chi connectivity index (χ1v) is 8.73. The van der Waals surface area contributed by atoms with Gasteiger partial charge in [0, 0.05) is 23.6 Å². The summed E-state index contributed by atoms with van der Waals surface area (Å²) in [4.78, 5) is 14.8. The van der Waals surface area contributed by atoms with Crippen molar-refractivity contribution in [2.75, 3.05) is 6.54 Å². The summed E-state index contributed by atoms with van der Waals surface area (Å²) in [7, 11) is 0. The Morgan fingerprint density at radius 1 is 1.17 bits per heavy atom. The van der Waals surface area contributed by atoms with Gasteiger partial charge in [-0.25, -0.2) is 0 Å². The fourth-order valence-electron chi connectivity index (χ4n) is 3.16. The Morgan fingerprint density at radius 3 is 2.58 bits per heavy atom. The number of amides is 1. The Kier molecular flexibility index (Phi) is 6.44. The molecule has 24 heavy (non-hydrogen) atoms. The van der Waals surface area contributed by atoms with Crippen LogP contribution in [0.3, 0.4) is 0 Å². The second kappa shape index (κ2) is 8.15. The summed E-state index contributed by atoms with van der Waals surface area (Å²) in [5, 5.41) is 0. The maximum Gasteiger partial charge on any atom is 0.227 e. The lowest BCUT2D eigenvalue weighted by atomic mass is 9.92. The zero-order valence-electron chi connectivity index (χ0n) is 13.6. The number of carbonyl (C=O) groups excluding carboxylic acids is 1. The first-order chi connectivity index (χ1) is 11.1. The van der Waals surface area contributed by atoms with Gasteiger partial charge in [-0.3, -0.25) is 4.79 Å². The molecule has 1 heterocycles. The third-order valence-corrected chi connectivity index (χ3v) is 5.38. The lowest BCUT2D eigenvalue weighted by Crippen LogP contribution is -2.42. The van der Waals surface area contributed by atoms with Gasteiger partial charge in [0.2, 0.25) is 5.91 Å². The maximum absolute atomic E-state index is 12.8. The molecule has 0 bridgehead atoms. The van der Waals surface area contributed by atoms with Gasteiger partial charge in [-0.2, -0.15) is 0 Å². The molecule has 2 atom stereocenters. The third kappa shape index (κ3) is 3.82. The molecule has 0 aromatic heterocycles. The molecular weight excluding hydrogens is 388 g/mol. The van der Waals surface area contributed by atoms with E-state index in [-0.39, 0.29) is 30.3 Å². The molecule has 2 aromatic rings. The van der Waals surface area contributed by atoms with Crippen LogP contribution in [-0.2, 0) is 17.8 Å². The van der Waals surface area contributed by atoms with Crippen molar-refractivity contribution in [2.24, 2.45) is 11.7 Å². The molecular formula is C19H22BrClN2O. The van der Waals surface area contributed by atoms with Crippen LogP contribution in [0, 0.1) is 5.92 Å². The van der Waals surface area contributed by atoms with Crippen LogP contribution in [0.4, 0.5) is 0 Å². The Hall–Kier alpha value is -1.36. The summed E-state index contributed by atoms with van der Waals surface area (Å²) in [5.74, 6) is -0.0990. The normalized spacial score (nSPS) is 15.9. The average Bonchev–Trinajstić information content (AvgIpc) is 2.60. The molecule has 0 fully saturated rings. The van der Waals surface area contributed by atoms with Crippen LogP contribution in [0.2, 0.25) is 0 Å². The minimum atomic E-state index is -0.271.